The molecule has 0 aliphatic carbocycles. The Morgan fingerprint density at radius 1 is 1.40 bits per heavy atom. The summed E-state index contributed by atoms with van der Waals surface area (Å²) in [7, 11) is 1.97. The molecule has 0 atom stereocenters. The van der Waals surface area contributed by atoms with Crippen molar-refractivity contribution in [1.82, 2.24) is 15.1 Å². The maximum atomic E-state index is 4.30. The van der Waals surface area contributed by atoms with Gasteiger partial charge in [-0.25, -0.2) is 0 Å². The minimum Gasteiger partial charge on any atom is -0.313 e. The minimum absolute atomic E-state index is 0. The highest BCUT2D eigenvalue weighted by atomic mass is 35.5. The molecule has 0 unspecified atom stereocenters. The minimum atomic E-state index is 0. The van der Waals surface area contributed by atoms with Crippen LogP contribution in [0.3, 0.4) is 0 Å². The number of hydrogen-bond acceptors (Lipinski definition) is 2. The first kappa shape index (κ1) is 14.5. The summed E-state index contributed by atoms with van der Waals surface area (Å²) in [6.45, 7) is 6.35. The lowest BCUT2D eigenvalue weighted by atomic mass is 10.2. The van der Waals surface area contributed by atoms with Crippen molar-refractivity contribution in [3.8, 4) is 0 Å². The van der Waals surface area contributed by atoms with Crippen molar-refractivity contribution in [3.05, 3.63) is 17.5 Å². The van der Waals surface area contributed by atoms with Crippen LogP contribution in [0.25, 0.3) is 0 Å². The molecule has 1 rings (SSSR count). The van der Waals surface area contributed by atoms with E-state index < -0.39 is 0 Å². The normalized spacial score (nSPS) is 10.1. The third-order valence-electron chi connectivity index (χ3n) is 2.39. The van der Waals surface area contributed by atoms with Crippen molar-refractivity contribution in [2.24, 2.45) is 7.05 Å². The summed E-state index contributed by atoms with van der Waals surface area (Å²) >= 11 is 0. The Hall–Kier alpha value is -0.540. The van der Waals surface area contributed by atoms with Crippen molar-refractivity contribution in [1.29, 1.82) is 0 Å². The van der Waals surface area contributed by atoms with Gasteiger partial charge >= 0.3 is 0 Å². The fourth-order valence-electron chi connectivity index (χ4n) is 1.55. The van der Waals surface area contributed by atoms with Gasteiger partial charge in [0, 0.05) is 25.4 Å². The highest BCUT2D eigenvalue weighted by molar-refractivity contribution is 5.85. The van der Waals surface area contributed by atoms with Gasteiger partial charge in [0.25, 0.3) is 0 Å². The summed E-state index contributed by atoms with van der Waals surface area (Å²) in [6, 6.07) is 0. The van der Waals surface area contributed by atoms with E-state index >= 15 is 0 Å². The summed E-state index contributed by atoms with van der Waals surface area (Å²) in [6.07, 6.45) is 5.96. The number of nitrogens with one attached hydrogen (secondary N) is 1. The van der Waals surface area contributed by atoms with Crippen LogP contribution in [0.4, 0.5) is 0 Å². The Kier molecular flexibility index (Phi) is 7.44. The zero-order valence-electron chi connectivity index (χ0n) is 9.92. The lowest BCUT2D eigenvalue weighted by molar-refractivity contribution is 0.615. The smallest absolute Gasteiger partial charge is 0.0638 e. The molecule has 1 aromatic rings. The summed E-state index contributed by atoms with van der Waals surface area (Å²) < 4.78 is 1.87. The number of rotatable bonds is 6. The van der Waals surface area contributed by atoms with E-state index in [-0.39, 0.29) is 12.4 Å². The standard InChI is InChI=1S/C11H21N3.ClH/c1-4-5-6-7-12-8-11-9-14(3)13-10(11)2;/h9,12H,4-8H2,1-3H3;1H. The second kappa shape index (κ2) is 7.71. The fourth-order valence-corrected chi connectivity index (χ4v) is 1.55. The Bertz CT molecular complexity index is 271. The zero-order valence-corrected chi connectivity index (χ0v) is 10.7. The summed E-state index contributed by atoms with van der Waals surface area (Å²) in [5, 5.41) is 7.74. The van der Waals surface area contributed by atoms with Crippen molar-refractivity contribution in [2.45, 2.75) is 39.7 Å². The molecule has 0 spiro atoms. The number of nitrogens with zero attached hydrogens (tertiary/aromatic N) is 2. The van der Waals surface area contributed by atoms with Gasteiger partial charge in [-0.2, -0.15) is 5.10 Å². The van der Waals surface area contributed by atoms with Gasteiger partial charge in [0.05, 0.1) is 5.69 Å². The largest absolute Gasteiger partial charge is 0.313 e. The van der Waals surface area contributed by atoms with E-state index in [2.05, 4.69) is 30.5 Å². The van der Waals surface area contributed by atoms with Crippen LogP contribution in [0.2, 0.25) is 0 Å². The Morgan fingerprint density at radius 3 is 2.67 bits per heavy atom. The van der Waals surface area contributed by atoms with Crippen molar-refractivity contribution >= 4 is 12.4 Å². The van der Waals surface area contributed by atoms with Gasteiger partial charge in [-0.1, -0.05) is 19.8 Å². The zero-order chi connectivity index (χ0) is 10.4. The van der Waals surface area contributed by atoms with Gasteiger partial charge < -0.3 is 5.32 Å². The molecule has 0 bridgehead atoms. The van der Waals surface area contributed by atoms with Gasteiger partial charge in [-0.15, -0.1) is 12.4 Å². The van der Waals surface area contributed by atoms with Crippen molar-refractivity contribution in [2.75, 3.05) is 6.54 Å². The van der Waals surface area contributed by atoms with Crippen LogP contribution in [0.5, 0.6) is 0 Å². The maximum absolute atomic E-state index is 4.30. The second-order valence-corrected chi connectivity index (χ2v) is 3.80. The van der Waals surface area contributed by atoms with E-state index in [1.807, 2.05) is 11.7 Å². The van der Waals surface area contributed by atoms with Crippen LogP contribution in [-0.2, 0) is 13.6 Å². The number of halogens is 1. The van der Waals surface area contributed by atoms with E-state index in [4.69, 9.17) is 0 Å². The highest BCUT2D eigenvalue weighted by Gasteiger charge is 2.01. The first-order valence-electron chi connectivity index (χ1n) is 5.44. The number of aryl methyl sites for hydroxylation is 2. The van der Waals surface area contributed by atoms with E-state index in [0.717, 1.165) is 18.8 Å². The Morgan fingerprint density at radius 2 is 2.13 bits per heavy atom. The van der Waals surface area contributed by atoms with Gasteiger partial charge in [0.2, 0.25) is 0 Å². The lowest BCUT2D eigenvalue weighted by Crippen LogP contribution is -2.14. The molecule has 0 aliphatic heterocycles. The molecular weight excluding hydrogens is 210 g/mol. The Labute approximate surface area is 98.7 Å². The average Bonchev–Trinajstić information content (AvgIpc) is 2.45. The third-order valence-corrected chi connectivity index (χ3v) is 2.39. The first-order chi connectivity index (χ1) is 6.74. The van der Waals surface area contributed by atoms with E-state index in [9.17, 15) is 0 Å². The van der Waals surface area contributed by atoms with Gasteiger partial charge in [0.15, 0.2) is 0 Å². The average molecular weight is 232 g/mol. The molecular formula is C11H22ClN3. The topological polar surface area (TPSA) is 29.9 Å². The molecule has 3 nitrogen and oxygen atoms in total. The molecule has 0 aliphatic rings. The van der Waals surface area contributed by atoms with E-state index in [1.54, 1.807) is 0 Å². The second-order valence-electron chi connectivity index (χ2n) is 3.80. The molecule has 1 heterocycles. The van der Waals surface area contributed by atoms with Crippen molar-refractivity contribution in [3.63, 3.8) is 0 Å². The molecule has 88 valence electrons. The molecule has 0 saturated carbocycles. The predicted octanol–water partition coefficient (Wildman–Crippen LogP) is 2.43. The molecule has 1 N–H and O–H groups in total. The van der Waals surface area contributed by atoms with Crippen LogP contribution in [-0.4, -0.2) is 16.3 Å². The molecule has 0 amide bonds. The summed E-state index contributed by atoms with van der Waals surface area (Å²) in [5.74, 6) is 0. The quantitative estimate of drug-likeness (QED) is 0.763. The maximum Gasteiger partial charge on any atom is 0.0638 e. The van der Waals surface area contributed by atoms with Gasteiger partial charge in [-0.3, -0.25) is 4.68 Å². The number of unbranched alkanes of at least 4 members (excludes halogenated alkanes) is 2. The monoisotopic (exact) mass is 231 g/mol. The molecule has 1 aromatic heterocycles. The molecule has 4 heteroatoms. The van der Waals surface area contributed by atoms with Gasteiger partial charge in [0.1, 0.15) is 0 Å². The van der Waals surface area contributed by atoms with Crippen LogP contribution >= 0.6 is 12.4 Å². The molecule has 0 saturated heterocycles. The fraction of sp³-hybridized carbons (Fsp3) is 0.727. The van der Waals surface area contributed by atoms with Gasteiger partial charge in [-0.05, 0) is 19.9 Å². The van der Waals surface area contributed by atoms with Crippen LogP contribution in [0.15, 0.2) is 6.20 Å². The van der Waals surface area contributed by atoms with Crippen LogP contribution in [0.1, 0.15) is 37.4 Å². The molecule has 0 fully saturated rings. The molecule has 0 radical (unpaired) electrons. The predicted molar refractivity (Wildman–Crippen MR) is 66.4 cm³/mol. The summed E-state index contributed by atoms with van der Waals surface area (Å²) in [4.78, 5) is 0. The molecule has 15 heavy (non-hydrogen) atoms. The van der Waals surface area contributed by atoms with E-state index in [0.29, 0.717) is 0 Å². The van der Waals surface area contributed by atoms with Crippen LogP contribution in [0, 0.1) is 6.92 Å². The van der Waals surface area contributed by atoms with Crippen LogP contribution < -0.4 is 5.32 Å². The SMILES string of the molecule is CCCCCNCc1cn(C)nc1C.Cl. The molecule has 0 aromatic carbocycles. The lowest BCUT2D eigenvalue weighted by Gasteiger charge is -2.02. The van der Waals surface area contributed by atoms with E-state index in [1.165, 1.54) is 24.8 Å². The first-order valence-corrected chi connectivity index (χ1v) is 5.44. The number of hydrogen-bond donors (Lipinski definition) is 1. The highest BCUT2D eigenvalue weighted by Crippen LogP contribution is 2.03. The van der Waals surface area contributed by atoms with Crippen molar-refractivity contribution < 1.29 is 0 Å². The Balaban J connectivity index is 0.00000196. The third kappa shape index (κ3) is 5.19. The summed E-state index contributed by atoms with van der Waals surface area (Å²) in [5.41, 5.74) is 2.44. The number of aromatic nitrogens is 2.